The van der Waals surface area contributed by atoms with E-state index in [-0.39, 0.29) is 0 Å². The molecule has 1 fully saturated rings. The second-order valence-electron chi connectivity index (χ2n) is 4.89. The Balaban J connectivity index is 1.83. The molecular weight excluding hydrogens is 242 g/mol. The van der Waals surface area contributed by atoms with Crippen LogP contribution in [0.3, 0.4) is 0 Å². The Morgan fingerprint density at radius 1 is 1.44 bits per heavy atom. The number of methoxy groups -OCH3 is 1. The van der Waals surface area contributed by atoms with Gasteiger partial charge >= 0.3 is 0 Å². The molecule has 100 valence electrons. The van der Waals surface area contributed by atoms with Crippen LogP contribution in [0, 0.1) is 5.92 Å². The number of thioether (sulfide) groups is 1. The zero-order valence-electron chi connectivity index (χ0n) is 11.3. The second-order valence-corrected chi connectivity index (χ2v) is 5.98. The zero-order valence-corrected chi connectivity index (χ0v) is 12.1. The van der Waals surface area contributed by atoms with E-state index >= 15 is 0 Å². The first-order valence-electron chi connectivity index (χ1n) is 6.83. The molecule has 18 heavy (non-hydrogen) atoms. The fraction of sp³-hybridized carbons (Fsp3) is 0.600. The Hall–Kier alpha value is -0.670. The van der Waals surface area contributed by atoms with Gasteiger partial charge in [-0.3, -0.25) is 0 Å². The van der Waals surface area contributed by atoms with Gasteiger partial charge in [-0.15, -0.1) is 11.8 Å². The van der Waals surface area contributed by atoms with Crippen molar-refractivity contribution in [3.63, 3.8) is 0 Å². The van der Waals surface area contributed by atoms with Crippen molar-refractivity contribution in [1.29, 1.82) is 0 Å². The minimum atomic E-state index is 0.682. The first kappa shape index (κ1) is 13.8. The molecule has 0 bridgehead atoms. The molecule has 1 aromatic rings. The third kappa shape index (κ3) is 4.21. The monoisotopic (exact) mass is 265 g/mol. The van der Waals surface area contributed by atoms with E-state index < -0.39 is 0 Å². The third-order valence-electron chi connectivity index (χ3n) is 3.32. The van der Waals surface area contributed by atoms with E-state index in [2.05, 4.69) is 30.4 Å². The molecule has 2 nitrogen and oxygen atoms in total. The summed E-state index contributed by atoms with van der Waals surface area (Å²) in [5.74, 6) is 3.02. The summed E-state index contributed by atoms with van der Waals surface area (Å²) in [6.07, 6.45) is 4.02. The second kappa shape index (κ2) is 7.05. The Morgan fingerprint density at radius 3 is 2.94 bits per heavy atom. The number of ether oxygens (including phenoxy) is 1. The van der Waals surface area contributed by atoms with E-state index in [4.69, 9.17) is 4.74 Å². The lowest BCUT2D eigenvalue weighted by molar-refractivity contribution is 0.413. The van der Waals surface area contributed by atoms with Crippen molar-refractivity contribution in [2.45, 2.75) is 37.1 Å². The highest BCUT2D eigenvalue weighted by Crippen LogP contribution is 2.35. The molecule has 1 aliphatic carbocycles. The van der Waals surface area contributed by atoms with Crippen molar-refractivity contribution >= 4 is 11.8 Å². The van der Waals surface area contributed by atoms with Crippen LogP contribution in [0.25, 0.3) is 0 Å². The van der Waals surface area contributed by atoms with Gasteiger partial charge in [0.1, 0.15) is 5.75 Å². The molecule has 0 spiro atoms. The summed E-state index contributed by atoms with van der Waals surface area (Å²) in [6, 6.07) is 9.02. The Morgan fingerprint density at radius 2 is 2.28 bits per heavy atom. The Labute approximate surface area is 114 Å². The van der Waals surface area contributed by atoms with E-state index in [0.717, 1.165) is 24.0 Å². The maximum Gasteiger partial charge on any atom is 0.119 e. The molecule has 0 aliphatic heterocycles. The first-order valence-corrected chi connectivity index (χ1v) is 7.82. The predicted molar refractivity (Wildman–Crippen MR) is 78.5 cm³/mol. The summed E-state index contributed by atoms with van der Waals surface area (Å²) in [5.41, 5.74) is 0. The van der Waals surface area contributed by atoms with Crippen LogP contribution < -0.4 is 10.1 Å². The van der Waals surface area contributed by atoms with E-state index in [1.165, 1.54) is 24.2 Å². The number of benzene rings is 1. The lowest BCUT2D eigenvalue weighted by atomic mass is 10.2. The molecule has 0 amide bonds. The van der Waals surface area contributed by atoms with Gasteiger partial charge in [-0.25, -0.2) is 0 Å². The number of rotatable bonds is 8. The van der Waals surface area contributed by atoms with Gasteiger partial charge in [0.2, 0.25) is 0 Å². The van der Waals surface area contributed by atoms with Gasteiger partial charge in [0.15, 0.2) is 0 Å². The Kier molecular flexibility index (Phi) is 5.39. The molecule has 0 heterocycles. The maximum atomic E-state index is 5.26. The quantitative estimate of drug-likeness (QED) is 0.726. The van der Waals surface area contributed by atoms with Crippen LogP contribution in [0.2, 0.25) is 0 Å². The highest BCUT2D eigenvalue weighted by molar-refractivity contribution is 7.99. The molecule has 1 saturated carbocycles. The van der Waals surface area contributed by atoms with Gasteiger partial charge < -0.3 is 10.1 Å². The predicted octanol–water partition coefficient (Wildman–Crippen LogP) is 3.57. The highest BCUT2D eigenvalue weighted by atomic mass is 32.2. The lowest BCUT2D eigenvalue weighted by Crippen LogP contribution is -2.33. The van der Waals surface area contributed by atoms with Crippen LogP contribution in [0.15, 0.2) is 29.2 Å². The average molecular weight is 265 g/mol. The van der Waals surface area contributed by atoms with E-state index in [9.17, 15) is 0 Å². The molecule has 0 aromatic heterocycles. The van der Waals surface area contributed by atoms with Crippen molar-refractivity contribution in [2.75, 3.05) is 19.4 Å². The molecule has 1 aliphatic rings. The van der Waals surface area contributed by atoms with Gasteiger partial charge in [-0.1, -0.05) is 13.0 Å². The number of nitrogens with one attached hydrogen (secondary N) is 1. The van der Waals surface area contributed by atoms with Gasteiger partial charge in [0, 0.05) is 16.7 Å². The molecule has 1 N–H and O–H groups in total. The first-order chi connectivity index (χ1) is 8.83. The molecule has 0 saturated heterocycles. The summed E-state index contributed by atoms with van der Waals surface area (Å²) in [5, 5.41) is 3.68. The average Bonchev–Trinajstić information content (AvgIpc) is 3.23. The topological polar surface area (TPSA) is 21.3 Å². The number of hydrogen-bond donors (Lipinski definition) is 1. The van der Waals surface area contributed by atoms with E-state index in [1.54, 1.807) is 7.11 Å². The summed E-state index contributed by atoms with van der Waals surface area (Å²) < 4.78 is 5.26. The summed E-state index contributed by atoms with van der Waals surface area (Å²) in [7, 11) is 1.72. The fourth-order valence-corrected chi connectivity index (χ4v) is 3.20. The fourth-order valence-electron chi connectivity index (χ4n) is 2.07. The summed E-state index contributed by atoms with van der Waals surface area (Å²) >= 11 is 1.93. The van der Waals surface area contributed by atoms with Crippen LogP contribution in [0.1, 0.15) is 26.2 Å². The minimum absolute atomic E-state index is 0.682. The largest absolute Gasteiger partial charge is 0.497 e. The SMILES string of the molecule is CCCNC(CSc1cccc(OC)c1)C1CC1. The van der Waals surface area contributed by atoms with Crippen molar-refractivity contribution in [3.05, 3.63) is 24.3 Å². The van der Waals surface area contributed by atoms with Crippen molar-refractivity contribution in [1.82, 2.24) is 5.32 Å². The Bertz CT molecular complexity index is 365. The smallest absolute Gasteiger partial charge is 0.119 e. The van der Waals surface area contributed by atoms with Gasteiger partial charge in [-0.2, -0.15) is 0 Å². The molecule has 2 rings (SSSR count). The maximum absolute atomic E-state index is 5.26. The number of hydrogen-bond acceptors (Lipinski definition) is 3. The zero-order chi connectivity index (χ0) is 12.8. The molecule has 3 heteroatoms. The van der Waals surface area contributed by atoms with Gasteiger partial charge in [-0.05, 0) is 49.9 Å². The normalized spacial score (nSPS) is 16.6. The van der Waals surface area contributed by atoms with Gasteiger partial charge in [0.05, 0.1) is 7.11 Å². The molecule has 0 radical (unpaired) electrons. The van der Waals surface area contributed by atoms with Crippen molar-refractivity contribution in [2.24, 2.45) is 5.92 Å². The highest BCUT2D eigenvalue weighted by Gasteiger charge is 2.30. The van der Waals surface area contributed by atoms with Crippen LogP contribution in [-0.4, -0.2) is 25.4 Å². The lowest BCUT2D eigenvalue weighted by Gasteiger charge is -2.17. The third-order valence-corrected chi connectivity index (χ3v) is 4.43. The van der Waals surface area contributed by atoms with Crippen LogP contribution >= 0.6 is 11.8 Å². The van der Waals surface area contributed by atoms with E-state index in [1.807, 2.05) is 17.8 Å². The summed E-state index contributed by atoms with van der Waals surface area (Å²) in [4.78, 5) is 1.30. The van der Waals surface area contributed by atoms with E-state index in [0.29, 0.717) is 6.04 Å². The van der Waals surface area contributed by atoms with Crippen molar-refractivity contribution < 1.29 is 4.74 Å². The molecule has 1 unspecified atom stereocenters. The minimum Gasteiger partial charge on any atom is -0.497 e. The van der Waals surface area contributed by atoms with Gasteiger partial charge in [0.25, 0.3) is 0 Å². The summed E-state index contributed by atoms with van der Waals surface area (Å²) in [6.45, 7) is 3.37. The van der Waals surface area contributed by atoms with Crippen LogP contribution in [0.4, 0.5) is 0 Å². The molecular formula is C15H23NOS. The standard InChI is InChI=1S/C15H23NOS/c1-3-9-16-15(12-7-8-12)11-18-14-6-4-5-13(10-14)17-2/h4-6,10,12,15-16H,3,7-9,11H2,1-2H3. The van der Waals surface area contributed by atoms with Crippen LogP contribution in [-0.2, 0) is 0 Å². The molecule has 1 aromatic carbocycles. The molecule has 1 atom stereocenters. The van der Waals surface area contributed by atoms with Crippen molar-refractivity contribution in [3.8, 4) is 5.75 Å². The van der Waals surface area contributed by atoms with Crippen LogP contribution in [0.5, 0.6) is 5.75 Å².